The Labute approximate surface area is 169 Å². The number of aryl methyl sites for hydroxylation is 2. The van der Waals surface area contributed by atoms with Gasteiger partial charge in [0, 0.05) is 31.7 Å². The lowest BCUT2D eigenvalue weighted by Gasteiger charge is -2.31. The zero-order valence-corrected chi connectivity index (χ0v) is 16.5. The first kappa shape index (κ1) is 17.5. The van der Waals surface area contributed by atoms with Crippen LogP contribution in [0.1, 0.15) is 38.9 Å². The van der Waals surface area contributed by atoms with Crippen molar-refractivity contribution in [3.63, 3.8) is 0 Å². The smallest absolute Gasteiger partial charge is 0.273 e. The molecule has 0 unspecified atom stereocenters. The van der Waals surface area contributed by atoms with Crippen LogP contribution in [0.5, 0.6) is 0 Å². The van der Waals surface area contributed by atoms with Crippen molar-refractivity contribution < 1.29 is 4.79 Å². The Balaban J connectivity index is 1.73. The molecule has 0 bridgehead atoms. The Morgan fingerprint density at radius 3 is 2.55 bits per heavy atom. The predicted molar refractivity (Wildman–Crippen MR) is 112 cm³/mol. The molecule has 2 aromatic heterocycles. The number of carbonyl (C=O) groups excluding carboxylic acids is 1. The topological polar surface area (TPSA) is 43.1 Å². The van der Waals surface area contributed by atoms with Crippen molar-refractivity contribution in [2.45, 2.75) is 19.5 Å². The summed E-state index contributed by atoms with van der Waals surface area (Å²) in [4.78, 5) is 15.6. The maximum Gasteiger partial charge on any atom is 0.273 e. The molecule has 0 radical (unpaired) electrons. The van der Waals surface area contributed by atoms with E-state index in [0.29, 0.717) is 12.2 Å². The number of benzene rings is 2. The summed E-state index contributed by atoms with van der Waals surface area (Å²) in [6, 6.07) is 22.5. The molecule has 5 nitrogen and oxygen atoms in total. The molecule has 1 aliphatic heterocycles. The Morgan fingerprint density at radius 1 is 1.00 bits per heavy atom. The highest BCUT2D eigenvalue weighted by Crippen LogP contribution is 2.37. The lowest BCUT2D eigenvalue weighted by atomic mass is 10.00. The van der Waals surface area contributed by atoms with E-state index in [2.05, 4.69) is 65.3 Å². The van der Waals surface area contributed by atoms with E-state index in [1.807, 2.05) is 30.1 Å². The molecule has 0 N–H and O–H groups in total. The molecule has 5 heteroatoms. The second kappa shape index (κ2) is 6.78. The van der Waals surface area contributed by atoms with Crippen LogP contribution in [-0.4, -0.2) is 25.2 Å². The van der Waals surface area contributed by atoms with Gasteiger partial charge in [-0.3, -0.25) is 9.48 Å². The SMILES string of the molecule is Cc1ccc([C@@H]2c3cccn3-c3ccccc3CN2C(=O)c2ccnn2C)cc1. The fourth-order valence-electron chi connectivity index (χ4n) is 4.17. The van der Waals surface area contributed by atoms with Gasteiger partial charge in [0.2, 0.25) is 0 Å². The van der Waals surface area contributed by atoms with E-state index in [-0.39, 0.29) is 11.9 Å². The van der Waals surface area contributed by atoms with Crippen molar-refractivity contribution in [3.8, 4) is 5.69 Å². The summed E-state index contributed by atoms with van der Waals surface area (Å²) in [5, 5.41) is 4.21. The second-order valence-corrected chi connectivity index (χ2v) is 7.52. The van der Waals surface area contributed by atoms with Crippen LogP contribution < -0.4 is 0 Å². The van der Waals surface area contributed by atoms with Crippen molar-refractivity contribution in [3.05, 3.63) is 107 Å². The average molecular weight is 382 g/mol. The van der Waals surface area contributed by atoms with E-state index < -0.39 is 0 Å². The first-order valence-corrected chi connectivity index (χ1v) is 9.74. The van der Waals surface area contributed by atoms with Gasteiger partial charge in [-0.05, 0) is 42.3 Å². The van der Waals surface area contributed by atoms with Gasteiger partial charge >= 0.3 is 0 Å². The van der Waals surface area contributed by atoms with Crippen LogP contribution in [0.3, 0.4) is 0 Å². The van der Waals surface area contributed by atoms with Gasteiger partial charge in [0.1, 0.15) is 5.69 Å². The van der Waals surface area contributed by atoms with Crippen LogP contribution in [0, 0.1) is 6.92 Å². The molecule has 5 rings (SSSR count). The molecule has 0 aliphatic carbocycles. The van der Waals surface area contributed by atoms with Crippen LogP contribution in [-0.2, 0) is 13.6 Å². The van der Waals surface area contributed by atoms with Crippen molar-refractivity contribution in [2.24, 2.45) is 7.05 Å². The standard InChI is InChI=1S/C24H22N4O/c1-17-9-11-18(12-10-17)23-21-8-5-15-27(21)20-7-4-3-6-19(20)16-28(23)24(29)22-13-14-25-26(22)2/h3-15,23H,16H2,1-2H3/t23-/m1/s1. The summed E-state index contributed by atoms with van der Waals surface area (Å²) >= 11 is 0. The van der Waals surface area contributed by atoms with Gasteiger partial charge in [-0.15, -0.1) is 0 Å². The predicted octanol–water partition coefficient (Wildman–Crippen LogP) is 4.26. The maximum atomic E-state index is 13.7. The highest BCUT2D eigenvalue weighted by Gasteiger charge is 2.34. The van der Waals surface area contributed by atoms with E-state index in [1.165, 1.54) is 5.56 Å². The minimum absolute atomic E-state index is 0.0278. The molecular formula is C24H22N4O. The van der Waals surface area contributed by atoms with E-state index in [0.717, 1.165) is 22.5 Å². The van der Waals surface area contributed by atoms with Crippen molar-refractivity contribution in [1.82, 2.24) is 19.2 Å². The van der Waals surface area contributed by atoms with Gasteiger partial charge in [0.05, 0.1) is 11.7 Å². The number of carbonyl (C=O) groups is 1. The van der Waals surface area contributed by atoms with E-state index in [9.17, 15) is 4.79 Å². The zero-order valence-electron chi connectivity index (χ0n) is 16.5. The van der Waals surface area contributed by atoms with Gasteiger partial charge in [0.25, 0.3) is 5.91 Å². The van der Waals surface area contributed by atoms with Gasteiger partial charge in [0.15, 0.2) is 0 Å². The number of aromatic nitrogens is 3. The molecule has 0 saturated carbocycles. The first-order chi connectivity index (χ1) is 14.1. The number of para-hydroxylation sites is 1. The van der Waals surface area contributed by atoms with Crippen molar-refractivity contribution >= 4 is 5.91 Å². The average Bonchev–Trinajstić information content (AvgIpc) is 3.35. The molecule has 0 fully saturated rings. The molecule has 3 heterocycles. The van der Waals surface area contributed by atoms with Gasteiger partial charge in [-0.25, -0.2) is 0 Å². The molecule has 1 atom stereocenters. The van der Waals surface area contributed by atoms with E-state index >= 15 is 0 Å². The number of fused-ring (bicyclic) bond motifs is 3. The highest BCUT2D eigenvalue weighted by molar-refractivity contribution is 5.93. The Morgan fingerprint density at radius 2 is 1.79 bits per heavy atom. The fraction of sp³-hybridized carbons (Fsp3) is 0.167. The molecule has 4 aromatic rings. The van der Waals surface area contributed by atoms with Gasteiger partial charge in [-0.2, -0.15) is 5.10 Å². The number of amides is 1. The molecule has 1 aliphatic rings. The van der Waals surface area contributed by atoms with Gasteiger partial charge in [-0.1, -0.05) is 48.0 Å². The quantitative estimate of drug-likeness (QED) is 0.520. The normalized spacial score (nSPS) is 15.5. The number of hydrogen-bond acceptors (Lipinski definition) is 2. The van der Waals surface area contributed by atoms with Crippen LogP contribution in [0.15, 0.2) is 79.1 Å². The molecule has 0 saturated heterocycles. The fourth-order valence-corrected chi connectivity index (χ4v) is 4.17. The summed E-state index contributed by atoms with van der Waals surface area (Å²) < 4.78 is 3.85. The van der Waals surface area contributed by atoms with Crippen molar-refractivity contribution in [1.29, 1.82) is 0 Å². The lowest BCUT2D eigenvalue weighted by molar-refractivity contribution is 0.0679. The minimum atomic E-state index is -0.194. The van der Waals surface area contributed by atoms with Crippen LogP contribution in [0.4, 0.5) is 0 Å². The zero-order chi connectivity index (χ0) is 20.0. The second-order valence-electron chi connectivity index (χ2n) is 7.52. The van der Waals surface area contributed by atoms with E-state index in [4.69, 9.17) is 0 Å². The Hall–Kier alpha value is -3.60. The number of rotatable bonds is 2. The molecule has 29 heavy (non-hydrogen) atoms. The third-order valence-electron chi connectivity index (χ3n) is 5.66. The van der Waals surface area contributed by atoms with Crippen LogP contribution in [0.25, 0.3) is 5.69 Å². The van der Waals surface area contributed by atoms with E-state index in [1.54, 1.807) is 16.9 Å². The molecule has 1 amide bonds. The number of nitrogens with zero attached hydrogens (tertiary/aromatic N) is 4. The first-order valence-electron chi connectivity index (χ1n) is 9.74. The lowest BCUT2D eigenvalue weighted by Crippen LogP contribution is -2.35. The number of hydrogen-bond donors (Lipinski definition) is 0. The molecular weight excluding hydrogens is 360 g/mol. The third kappa shape index (κ3) is 2.86. The summed E-state index contributed by atoms with van der Waals surface area (Å²) in [5.74, 6) is -0.0278. The van der Waals surface area contributed by atoms with Crippen molar-refractivity contribution in [2.75, 3.05) is 0 Å². The molecule has 144 valence electrons. The molecule has 0 spiro atoms. The van der Waals surface area contributed by atoms with Crippen LogP contribution >= 0.6 is 0 Å². The Bertz CT molecular complexity index is 1190. The highest BCUT2D eigenvalue weighted by atomic mass is 16.2. The summed E-state index contributed by atoms with van der Waals surface area (Å²) in [6.07, 6.45) is 3.75. The molecule has 2 aromatic carbocycles. The summed E-state index contributed by atoms with van der Waals surface area (Å²) in [7, 11) is 1.81. The summed E-state index contributed by atoms with van der Waals surface area (Å²) in [5.41, 5.74) is 6.19. The third-order valence-corrected chi connectivity index (χ3v) is 5.66. The van der Waals surface area contributed by atoms with Crippen LogP contribution in [0.2, 0.25) is 0 Å². The maximum absolute atomic E-state index is 13.7. The minimum Gasteiger partial charge on any atom is -0.320 e. The summed E-state index contributed by atoms with van der Waals surface area (Å²) in [6.45, 7) is 2.61. The Kier molecular flexibility index (Phi) is 4.09. The monoisotopic (exact) mass is 382 g/mol. The largest absolute Gasteiger partial charge is 0.320 e. The van der Waals surface area contributed by atoms with Gasteiger partial charge < -0.3 is 9.47 Å².